The summed E-state index contributed by atoms with van der Waals surface area (Å²) < 4.78 is 0. The minimum Gasteiger partial charge on any atom is -0.370 e. The summed E-state index contributed by atoms with van der Waals surface area (Å²) in [5.41, 5.74) is 1.54. The number of hydrogen-bond acceptors (Lipinski definition) is 5. The van der Waals surface area contributed by atoms with Gasteiger partial charge in [-0.05, 0) is 31.0 Å². The van der Waals surface area contributed by atoms with Crippen molar-refractivity contribution in [3.63, 3.8) is 0 Å². The third-order valence-electron chi connectivity index (χ3n) is 4.49. The second-order valence-corrected chi connectivity index (χ2v) is 7.66. The van der Waals surface area contributed by atoms with E-state index in [9.17, 15) is 4.79 Å². The maximum atomic E-state index is 12.9. The first-order chi connectivity index (χ1) is 12.9. The van der Waals surface area contributed by atoms with Crippen molar-refractivity contribution < 1.29 is 4.79 Å². The Morgan fingerprint density at radius 3 is 2.59 bits per heavy atom. The fourth-order valence-electron chi connectivity index (χ4n) is 3.08. The third kappa shape index (κ3) is 5.10. The van der Waals surface area contributed by atoms with E-state index in [1.165, 1.54) is 0 Å². The van der Waals surface area contributed by atoms with E-state index < -0.39 is 0 Å². The topological polar surface area (TPSA) is 61.4 Å². The van der Waals surface area contributed by atoms with E-state index in [2.05, 4.69) is 34.0 Å². The molecule has 0 atom stereocenters. The molecule has 1 saturated heterocycles. The molecule has 0 radical (unpaired) electrons. The summed E-state index contributed by atoms with van der Waals surface area (Å²) in [5, 5.41) is 4.00. The minimum atomic E-state index is -0.0427. The highest BCUT2D eigenvalue weighted by Gasteiger charge is 2.24. The highest BCUT2D eigenvalue weighted by molar-refractivity contribution is 6.30. The molecule has 7 heteroatoms. The number of rotatable bonds is 5. The van der Waals surface area contributed by atoms with Crippen LogP contribution in [0.3, 0.4) is 0 Å². The number of halogens is 1. The van der Waals surface area contributed by atoms with Gasteiger partial charge in [-0.2, -0.15) is 0 Å². The maximum Gasteiger partial charge on any atom is 0.272 e. The van der Waals surface area contributed by atoms with Crippen molar-refractivity contribution in [2.24, 2.45) is 5.92 Å². The van der Waals surface area contributed by atoms with Crippen LogP contribution in [0.1, 0.15) is 30.2 Å². The first-order valence-electron chi connectivity index (χ1n) is 9.31. The van der Waals surface area contributed by atoms with Gasteiger partial charge in [-0.25, -0.2) is 9.97 Å². The predicted molar refractivity (Wildman–Crippen MR) is 110 cm³/mol. The molecule has 2 aromatic rings. The molecule has 0 aliphatic carbocycles. The van der Waals surface area contributed by atoms with Gasteiger partial charge in [-0.3, -0.25) is 4.79 Å². The van der Waals surface area contributed by atoms with E-state index in [-0.39, 0.29) is 5.91 Å². The van der Waals surface area contributed by atoms with Crippen molar-refractivity contribution in [1.29, 1.82) is 0 Å². The summed E-state index contributed by atoms with van der Waals surface area (Å²) in [5.74, 6) is 1.76. The van der Waals surface area contributed by atoms with Gasteiger partial charge in [0.05, 0.1) is 0 Å². The molecule has 1 aliphatic heterocycles. The van der Waals surface area contributed by atoms with Gasteiger partial charge in [0.1, 0.15) is 17.3 Å². The van der Waals surface area contributed by atoms with Crippen molar-refractivity contribution in [3.8, 4) is 0 Å². The normalized spacial score (nSPS) is 14.6. The van der Waals surface area contributed by atoms with Crippen LogP contribution in [0.25, 0.3) is 0 Å². The highest BCUT2D eigenvalue weighted by atomic mass is 35.5. The van der Waals surface area contributed by atoms with E-state index in [1.807, 2.05) is 36.1 Å². The van der Waals surface area contributed by atoms with Gasteiger partial charge >= 0.3 is 0 Å². The Morgan fingerprint density at radius 1 is 1.19 bits per heavy atom. The summed E-state index contributed by atoms with van der Waals surface area (Å²) in [6, 6.07) is 9.57. The monoisotopic (exact) mass is 387 g/mol. The molecule has 0 bridgehead atoms. The smallest absolute Gasteiger partial charge is 0.272 e. The summed E-state index contributed by atoms with van der Waals surface area (Å²) in [6.45, 7) is 9.74. The molecule has 0 unspecified atom stereocenters. The molecule has 27 heavy (non-hydrogen) atoms. The number of aromatic nitrogens is 2. The molecule has 6 nitrogen and oxygen atoms in total. The first-order valence-corrected chi connectivity index (χ1v) is 9.69. The highest BCUT2D eigenvalue weighted by Crippen LogP contribution is 2.21. The van der Waals surface area contributed by atoms with Crippen molar-refractivity contribution in [2.45, 2.75) is 20.8 Å². The second kappa shape index (κ2) is 8.57. The number of anilines is 2. The van der Waals surface area contributed by atoms with Crippen LogP contribution in [0.4, 0.5) is 11.5 Å². The van der Waals surface area contributed by atoms with Gasteiger partial charge < -0.3 is 15.1 Å². The Kier molecular flexibility index (Phi) is 6.16. The number of carbonyl (C=O) groups is 1. The zero-order chi connectivity index (χ0) is 19.4. The van der Waals surface area contributed by atoms with Crippen LogP contribution < -0.4 is 10.2 Å². The number of amides is 1. The molecule has 1 aromatic heterocycles. The molecule has 1 N–H and O–H groups in total. The molecule has 1 aromatic carbocycles. The number of nitrogens with one attached hydrogen (secondary N) is 1. The van der Waals surface area contributed by atoms with Crippen LogP contribution in [-0.4, -0.2) is 53.5 Å². The Labute approximate surface area is 165 Å². The Bertz CT molecular complexity index is 803. The van der Waals surface area contributed by atoms with Crippen LogP contribution in [0, 0.1) is 12.8 Å². The number of nitrogens with zero attached hydrogens (tertiary/aromatic N) is 4. The largest absolute Gasteiger partial charge is 0.370 e. The molecule has 3 rings (SSSR count). The van der Waals surface area contributed by atoms with E-state index in [4.69, 9.17) is 11.6 Å². The molecule has 0 spiro atoms. The lowest BCUT2D eigenvalue weighted by molar-refractivity contribution is 0.0740. The molecule has 1 amide bonds. The van der Waals surface area contributed by atoms with Crippen LogP contribution in [-0.2, 0) is 0 Å². The van der Waals surface area contributed by atoms with Gasteiger partial charge in [-0.1, -0.05) is 31.5 Å². The third-order valence-corrected chi connectivity index (χ3v) is 4.72. The Balaban J connectivity index is 1.65. The molecular weight excluding hydrogens is 362 g/mol. The minimum absolute atomic E-state index is 0.0427. The quantitative estimate of drug-likeness (QED) is 0.851. The van der Waals surface area contributed by atoms with Gasteiger partial charge in [0.15, 0.2) is 0 Å². The second-order valence-electron chi connectivity index (χ2n) is 7.22. The lowest BCUT2D eigenvalue weighted by atomic mass is 10.2. The van der Waals surface area contributed by atoms with Gasteiger partial charge in [-0.15, -0.1) is 0 Å². The van der Waals surface area contributed by atoms with Crippen LogP contribution in [0.15, 0.2) is 30.3 Å². The van der Waals surface area contributed by atoms with E-state index >= 15 is 0 Å². The summed E-state index contributed by atoms with van der Waals surface area (Å²) in [7, 11) is 0. The number of benzene rings is 1. The standard InChI is InChI=1S/C20H26ClN5O/c1-14(2)13-22-19-12-18(23-15(3)24-19)20(27)26-9-7-25(8-10-26)17-6-4-5-16(21)11-17/h4-6,11-12,14H,7-10,13H2,1-3H3,(H,22,23,24). The fraction of sp³-hybridized carbons (Fsp3) is 0.450. The first kappa shape index (κ1) is 19.4. The summed E-state index contributed by atoms with van der Waals surface area (Å²) >= 11 is 6.09. The molecular formula is C20H26ClN5O. The zero-order valence-electron chi connectivity index (χ0n) is 16.1. The van der Waals surface area contributed by atoms with Gasteiger partial charge in [0.2, 0.25) is 0 Å². The lowest BCUT2D eigenvalue weighted by Gasteiger charge is -2.36. The summed E-state index contributed by atoms with van der Waals surface area (Å²) in [6.07, 6.45) is 0. The van der Waals surface area contributed by atoms with E-state index in [0.29, 0.717) is 36.3 Å². The maximum absolute atomic E-state index is 12.9. The fourth-order valence-corrected chi connectivity index (χ4v) is 3.26. The molecule has 1 aliphatic rings. The van der Waals surface area contributed by atoms with Gasteiger partial charge in [0, 0.05) is 49.5 Å². The molecule has 144 valence electrons. The molecule has 0 saturated carbocycles. The Morgan fingerprint density at radius 2 is 1.93 bits per heavy atom. The van der Waals surface area contributed by atoms with Crippen LogP contribution >= 0.6 is 11.6 Å². The average molecular weight is 388 g/mol. The summed E-state index contributed by atoms with van der Waals surface area (Å²) in [4.78, 5) is 25.7. The number of carbonyl (C=O) groups excluding carboxylic acids is 1. The number of aryl methyl sites for hydroxylation is 1. The SMILES string of the molecule is Cc1nc(NCC(C)C)cc(C(=O)N2CCN(c3cccc(Cl)c3)CC2)n1. The zero-order valence-corrected chi connectivity index (χ0v) is 16.8. The van der Waals surface area contributed by atoms with Crippen molar-refractivity contribution in [2.75, 3.05) is 42.9 Å². The van der Waals surface area contributed by atoms with Crippen molar-refractivity contribution >= 4 is 29.0 Å². The van der Waals surface area contributed by atoms with Gasteiger partial charge in [0.25, 0.3) is 5.91 Å². The molecule has 1 fully saturated rings. The molecule has 2 heterocycles. The number of piperazine rings is 1. The predicted octanol–water partition coefficient (Wildman–Crippen LogP) is 3.47. The number of hydrogen-bond donors (Lipinski definition) is 1. The van der Waals surface area contributed by atoms with E-state index in [1.54, 1.807) is 6.07 Å². The lowest BCUT2D eigenvalue weighted by Crippen LogP contribution is -2.49. The van der Waals surface area contributed by atoms with Crippen molar-refractivity contribution in [3.05, 3.63) is 46.9 Å². The van der Waals surface area contributed by atoms with Crippen LogP contribution in [0.5, 0.6) is 0 Å². The Hall–Kier alpha value is -2.34. The van der Waals surface area contributed by atoms with Crippen LogP contribution in [0.2, 0.25) is 5.02 Å². The average Bonchev–Trinajstić information content (AvgIpc) is 2.65. The van der Waals surface area contributed by atoms with E-state index in [0.717, 1.165) is 30.3 Å². The van der Waals surface area contributed by atoms with Crippen molar-refractivity contribution in [1.82, 2.24) is 14.9 Å².